The van der Waals surface area contributed by atoms with E-state index in [1.54, 1.807) is 0 Å². The van der Waals surface area contributed by atoms with Crippen molar-refractivity contribution >= 4 is 0 Å². The highest BCUT2D eigenvalue weighted by Crippen LogP contribution is 2.29. The van der Waals surface area contributed by atoms with Crippen LogP contribution in [-0.4, -0.2) is 12.6 Å². The summed E-state index contributed by atoms with van der Waals surface area (Å²) in [6.07, 6.45) is 6.66. The molecule has 0 unspecified atom stereocenters. The first-order valence-corrected chi connectivity index (χ1v) is 7.30. The maximum atomic E-state index is 6.17. The van der Waals surface area contributed by atoms with Crippen LogP contribution in [0, 0.1) is 0 Å². The molecule has 0 spiro atoms. The highest BCUT2D eigenvalue weighted by Gasteiger charge is 2.19. The Labute approximate surface area is 111 Å². The lowest BCUT2D eigenvalue weighted by molar-refractivity contribution is 0.206. The Morgan fingerprint density at radius 1 is 1.28 bits per heavy atom. The zero-order chi connectivity index (χ0) is 12.8. The molecule has 1 aromatic carbocycles. The standard InChI is InChI=1S/C16H25NO/c1-3-12-17-13(2)15-10-6-7-11-16(15)18-14-8-4-5-9-14/h6-7,10-11,13-14,17H,3-5,8-9,12H2,1-2H3/t13-/m1/s1. The molecular formula is C16H25NO. The summed E-state index contributed by atoms with van der Waals surface area (Å²) in [5.41, 5.74) is 1.29. The highest BCUT2D eigenvalue weighted by atomic mass is 16.5. The van der Waals surface area contributed by atoms with Gasteiger partial charge in [0.1, 0.15) is 5.75 Å². The average Bonchev–Trinajstić information content (AvgIpc) is 2.89. The van der Waals surface area contributed by atoms with Crippen LogP contribution < -0.4 is 10.1 Å². The molecule has 1 saturated carbocycles. The number of nitrogens with one attached hydrogen (secondary N) is 1. The Kier molecular flexibility index (Phi) is 5.06. The van der Waals surface area contributed by atoms with Crippen molar-refractivity contribution in [3.8, 4) is 5.75 Å². The van der Waals surface area contributed by atoms with Gasteiger partial charge in [-0.05, 0) is 51.6 Å². The first kappa shape index (κ1) is 13.4. The van der Waals surface area contributed by atoms with E-state index in [0.717, 1.165) is 18.7 Å². The van der Waals surface area contributed by atoms with Crippen molar-refractivity contribution in [2.24, 2.45) is 0 Å². The van der Waals surface area contributed by atoms with Gasteiger partial charge in [-0.2, -0.15) is 0 Å². The zero-order valence-electron chi connectivity index (χ0n) is 11.6. The van der Waals surface area contributed by atoms with Crippen LogP contribution in [0.4, 0.5) is 0 Å². The Morgan fingerprint density at radius 2 is 2.00 bits per heavy atom. The van der Waals surface area contributed by atoms with Crippen molar-refractivity contribution in [3.63, 3.8) is 0 Å². The Hall–Kier alpha value is -1.02. The second-order valence-corrected chi connectivity index (χ2v) is 5.24. The molecule has 1 atom stereocenters. The van der Waals surface area contributed by atoms with E-state index < -0.39 is 0 Å². The number of hydrogen-bond acceptors (Lipinski definition) is 2. The lowest BCUT2D eigenvalue weighted by atomic mass is 10.1. The van der Waals surface area contributed by atoms with Crippen LogP contribution in [0.5, 0.6) is 5.75 Å². The third-order valence-corrected chi connectivity index (χ3v) is 3.68. The molecule has 1 fully saturated rings. The fourth-order valence-electron chi connectivity index (χ4n) is 2.60. The van der Waals surface area contributed by atoms with Gasteiger partial charge in [0.25, 0.3) is 0 Å². The third-order valence-electron chi connectivity index (χ3n) is 3.68. The molecule has 0 bridgehead atoms. The van der Waals surface area contributed by atoms with Crippen molar-refractivity contribution < 1.29 is 4.74 Å². The van der Waals surface area contributed by atoms with Gasteiger partial charge in [-0.25, -0.2) is 0 Å². The van der Waals surface area contributed by atoms with Crippen LogP contribution in [0.15, 0.2) is 24.3 Å². The maximum Gasteiger partial charge on any atom is 0.124 e. The van der Waals surface area contributed by atoms with Crippen LogP contribution in [0.3, 0.4) is 0 Å². The van der Waals surface area contributed by atoms with Gasteiger partial charge in [0, 0.05) is 11.6 Å². The second kappa shape index (κ2) is 6.79. The third kappa shape index (κ3) is 3.49. The minimum absolute atomic E-state index is 0.363. The van der Waals surface area contributed by atoms with Crippen LogP contribution in [-0.2, 0) is 0 Å². The van der Waals surface area contributed by atoms with Crippen LogP contribution in [0.2, 0.25) is 0 Å². The van der Waals surface area contributed by atoms with Gasteiger partial charge in [-0.3, -0.25) is 0 Å². The molecule has 1 N–H and O–H groups in total. The largest absolute Gasteiger partial charge is 0.490 e. The van der Waals surface area contributed by atoms with Gasteiger partial charge in [-0.1, -0.05) is 25.1 Å². The summed E-state index contributed by atoms with van der Waals surface area (Å²) in [6.45, 7) is 5.46. The Morgan fingerprint density at radius 3 is 2.72 bits per heavy atom. The molecule has 0 aliphatic heterocycles. The van der Waals surface area contributed by atoms with Gasteiger partial charge in [0.2, 0.25) is 0 Å². The highest BCUT2D eigenvalue weighted by molar-refractivity contribution is 5.35. The monoisotopic (exact) mass is 247 g/mol. The van der Waals surface area contributed by atoms with Crippen LogP contribution in [0.1, 0.15) is 57.6 Å². The Balaban J connectivity index is 2.04. The SMILES string of the molecule is CCCN[C@H](C)c1ccccc1OC1CCCC1. The lowest BCUT2D eigenvalue weighted by Crippen LogP contribution is -2.21. The first-order chi connectivity index (χ1) is 8.81. The number of rotatable bonds is 6. The van der Waals surface area contributed by atoms with Crippen LogP contribution in [0.25, 0.3) is 0 Å². The van der Waals surface area contributed by atoms with E-state index in [1.807, 2.05) is 0 Å². The molecular weight excluding hydrogens is 222 g/mol. The minimum atomic E-state index is 0.363. The van der Waals surface area contributed by atoms with E-state index in [0.29, 0.717) is 12.1 Å². The lowest BCUT2D eigenvalue weighted by Gasteiger charge is -2.20. The number of para-hydroxylation sites is 1. The maximum absolute atomic E-state index is 6.17. The molecule has 1 aromatic rings. The molecule has 1 aliphatic carbocycles. The predicted molar refractivity (Wildman–Crippen MR) is 76.0 cm³/mol. The molecule has 0 saturated heterocycles. The van der Waals surface area contributed by atoms with Gasteiger partial charge < -0.3 is 10.1 Å². The molecule has 0 radical (unpaired) electrons. The topological polar surface area (TPSA) is 21.3 Å². The van der Waals surface area contributed by atoms with Crippen molar-refractivity contribution in [1.29, 1.82) is 0 Å². The van der Waals surface area contributed by atoms with Crippen molar-refractivity contribution in [1.82, 2.24) is 5.32 Å². The van der Waals surface area contributed by atoms with E-state index in [1.165, 1.54) is 31.2 Å². The molecule has 1 aliphatic rings. The van der Waals surface area contributed by atoms with Crippen molar-refractivity contribution in [2.45, 2.75) is 58.1 Å². The summed E-state index contributed by atoms with van der Waals surface area (Å²) < 4.78 is 6.17. The molecule has 2 nitrogen and oxygen atoms in total. The van der Waals surface area contributed by atoms with E-state index in [9.17, 15) is 0 Å². The number of benzene rings is 1. The minimum Gasteiger partial charge on any atom is -0.490 e. The Bertz CT molecular complexity index is 358. The number of ether oxygens (including phenoxy) is 1. The van der Waals surface area contributed by atoms with Crippen molar-refractivity contribution in [3.05, 3.63) is 29.8 Å². The summed E-state index contributed by atoms with van der Waals surface area (Å²) in [5.74, 6) is 1.07. The molecule has 100 valence electrons. The predicted octanol–water partition coefficient (Wildman–Crippen LogP) is 4.07. The van der Waals surface area contributed by atoms with Gasteiger partial charge in [0.05, 0.1) is 6.10 Å². The first-order valence-electron chi connectivity index (χ1n) is 7.30. The van der Waals surface area contributed by atoms with Gasteiger partial charge in [0.15, 0.2) is 0 Å². The number of hydrogen-bond donors (Lipinski definition) is 1. The smallest absolute Gasteiger partial charge is 0.124 e. The summed E-state index contributed by atoms with van der Waals surface area (Å²) in [7, 11) is 0. The summed E-state index contributed by atoms with van der Waals surface area (Å²) in [5, 5.41) is 3.53. The molecule has 0 amide bonds. The van der Waals surface area contributed by atoms with E-state index in [-0.39, 0.29) is 0 Å². The normalized spacial score (nSPS) is 17.9. The molecule has 0 aromatic heterocycles. The molecule has 2 heteroatoms. The van der Waals surface area contributed by atoms with Gasteiger partial charge >= 0.3 is 0 Å². The summed E-state index contributed by atoms with van der Waals surface area (Å²) in [4.78, 5) is 0. The van der Waals surface area contributed by atoms with Gasteiger partial charge in [-0.15, -0.1) is 0 Å². The summed E-state index contributed by atoms with van der Waals surface area (Å²) in [6, 6.07) is 8.82. The molecule has 2 rings (SSSR count). The van der Waals surface area contributed by atoms with Crippen molar-refractivity contribution in [2.75, 3.05) is 6.54 Å². The fraction of sp³-hybridized carbons (Fsp3) is 0.625. The summed E-state index contributed by atoms with van der Waals surface area (Å²) >= 11 is 0. The molecule has 0 heterocycles. The second-order valence-electron chi connectivity index (χ2n) is 5.24. The average molecular weight is 247 g/mol. The molecule has 18 heavy (non-hydrogen) atoms. The van der Waals surface area contributed by atoms with E-state index in [4.69, 9.17) is 4.74 Å². The van der Waals surface area contributed by atoms with Crippen LogP contribution >= 0.6 is 0 Å². The van der Waals surface area contributed by atoms with E-state index in [2.05, 4.69) is 43.4 Å². The quantitative estimate of drug-likeness (QED) is 0.818. The fourth-order valence-corrected chi connectivity index (χ4v) is 2.60. The zero-order valence-corrected chi connectivity index (χ0v) is 11.6. The van der Waals surface area contributed by atoms with E-state index >= 15 is 0 Å².